The maximum Gasteiger partial charge on any atom is 0.230 e. The van der Waals surface area contributed by atoms with Crippen LogP contribution in [-0.2, 0) is 11.2 Å². The van der Waals surface area contributed by atoms with Crippen LogP contribution in [0, 0.1) is 0 Å². The molecular formula is C14H18ClNO. The van der Waals surface area contributed by atoms with Crippen molar-refractivity contribution in [3.63, 3.8) is 0 Å². The molecule has 0 fully saturated rings. The number of hydrogen-bond donors (Lipinski definition) is 0. The fourth-order valence-corrected chi connectivity index (χ4v) is 1.80. The number of benzene rings is 1. The molecule has 0 spiro atoms. The molecule has 0 saturated carbocycles. The van der Waals surface area contributed by atoms with E-state index in [0.717, 1.165) is 17.7 Å². The van der Waals surface area contributed by atoms with Gasteiger partial charge in [-0.05, 0) is 31.0 Å². The molecule has 0 aliphatic carbocycles. The Labute approximate surface area is 108 Å². The van der Waals surface area contributed by atoms with Crippen LogP contribution in [0.1, 0.15) is 25.8 Å². The van der Waals surface area contributed by atoms with Crippen LogP contribution in [-0.4, -0.2) is 13.0 Å². The lowest BCUT2D eigenvalue weighted by Gasteiger charge is -2.20. The van der Waals surface area contributed by atoms with E-state index >= 15 is 0 Å². The van der Waals surface area contributed by atoms with Crippen LogP contribution in [0.4, 0.5) is 5.69 Å². The van der Waals surface area contributed by atoms with E-state index in [1.807, 2.05) is 37.3 Å². The number of hydrogen-bond acceptors (Lipinski definition) is 1. The highest BCUT2D eigenvalue weighted by molar-refractivity contribution is 6.31. The third-order valence-corrected chi connectivity index (χ3v) is 2.93. The quantitative estimate of drug-likeness (QED) is 0.745. The second kappa shape index (κ2) is 6.45. The molecule has 0 N–H and O–H groups in total. The Kier molecular flexibility index (Phi) is 5.23. The number of allylic oxidation sites excluding steroid dienone is 1. The molecule has 92 valence electrons. The third-order valence-electron chi connectivity index (χ3n) is 2.69. The van der Waals surface area contributed by atoms with Crippen molar-refractivity contribution in [2.24, 2.45) is 0 Å². The van der Waals surface area contributed by atoms with Crippen molar-refractivity contribution in [3.8, 4) is 0 Å². The molecule has 0 heterocycles. The maximum absolute atomic E-state index is 11.9. The molecule has 0 unspecified atom stereocenters. The topological polar surface area (TPSA) is 20.3 Å². The van der Waals surface area contributed by atoms with E-state index in [2.05, 4.69) is 6.92 Å². The van der Waals surface area contributed by atoms with E-state index in [4.69, 9.17) is 11.6 Å². The van der Waals surface area contributed by atoms with Crippen molar-refractivity contribution < 1.29 is 4.79 Å². The number of carbonyl (C=O) groups excluding carboxylic acids is 1. The van der Waals surface area contributed by atoms with Crippen molar-refractivity contribution in [2.75, 3.05) is 11.9 Å². The fourth-order valence-electron chi connectivity index (χ4n) is 1.64. The standard InChI is InChI=1S/C14H18ClNO/c1-4-6-7-14(17)16(3)13-10-12(15)9-8-11(13)5-2/h4,6,8-10H,5,7H2,1-3H3/b6-4+. The zero-order valence-electron chi connectivity index (χ0n) is 10.5. The molecular weight excluding hydrogens is 234 g/mol. The van der Waals surface area contributed by atoms with Crippen LogP contribution < -0.4 is 4.90 Å². The number of rotatable bonds is 4. The van der Waals surface area contributed by atoms with Crippen LogP contribution in [0.25, 0.3) is 0 Å². The SMILES string of the molecule is C/C=C/CC(=O)N(C)c1cc(Cl)ccc1CC. The minimum atomic E-state index is 0.0695. The van der Waals surface area contributed by atoms with Crippen molar-refractivity contribution >= 4 is 23.2 Å². The molecule has 1 rings (SSSR count). The maximum atomic E-state index is 11.9. The minimum absolute atomic E-state index is 0.0695. The number of aryl methyl sites for hydroxylation is 1. The van der Waals surface area contributed by atoms with Gasteiger partial charge in [0.05, 0.1) is 0 Å². The first-order valence-electron chi connectivity index (χ1n) is 5.76. The molecule has 0 bridgehead atoms. The zero-order chi connectivity index (χ0) is 12.8. The summed E-state index contributed by atoms with van der Waals surface area (Å²) in [6.45, 7) is 3.97. The van der Waals surface area contributed by atoms with E-state index < -0.39 is 0 Å². The monoisotopic (exact) mass is 251 g/mol. The first-order chi connectivity index (χ1) is 8.10. The lowest BCUT2D eigenvalue weighted by atomic mass is 10.1. The Balaban J connectivity index is 2.97. The van der Waals surface area contributed by atoms with Gasteiger partial charge < -0.3 is 4.90 Å². The predicted molar refractivity (Wildman–Crippen MR) is 73.7 cm³/mol. The molecule has 2 nitrogen and oxygen atoms in total. The molecule has 1 aromatic carbocycles. The van der Waals surface area contributed by atoms with Gasteiger partial charge in [-0.25, -0.2) is 0 Å². The van der Waals surface area contributed by atoms with Crippen molar-refractivity contribution in [1.29, 1.82) is 0 Å². The van der Waals surface area contributed by atoms with E-state index in [1.54, 1.807) is 11.9 Å². The second-order valence-electron chi connectivity index (χ2n) is 3.85. The first-order valence-corrected chi connectivity index (χ1v) is 6.14. The van der Waals surface area contributed by atoms with E-state index in [1.165, 1.54) is 0 Å². The zero-order valence-corrected chi connectivity index (χ0v) is 11.3. The highest BCUT2D eigenvalue weighted by Gasteiger charge is 2.12. The Bertz CT molecular complexity index is 426. The van der Waals surface area contributed by atoms with Gasteiger partial charge in [-0.1, -0.05) is 36.7 Å². The first kappa shape index (κ1) is 13.8. The number of halogens is 1. The Morgan fingerprint density at radius 3 is 2.76 bits per heavy atom. The number of amides is 1. The second-order valence-corrected chi connectivity index (χ2v) is 4.29. The van der Waals surface area contributed by atoms with Gasteiger partial charge in [0.1, 0.15) is 0 Å². The summed E-state index contributed by atoms with van der Waals surface area (Å²) in [6.07, 6.45) is 5.04. The van der Waals surface area contributed by atoms with Gasteiger partial charge in [-0.2, -0.15) is 0 Å². The smallest absolute Gasteiger partial charge is 0.230 e. The van der Waals surface area contributed by atoms with Crippen LogP contribution in [0.3, 0.4) is 0 Å². The summed E-state index contributed by atoms with van der Waals surface area (Å²) in [5.74, 6) is 0.0695. The van der Waals surface area contributed by atoms with E-state index in [-0.39, 0.29) is 5.91 Å². The summed E-state index contributed by atoms with van der Waals surface area (Å²) >= 11 is 5.97. The van der Waals surface area contributed by atoms with Crippen LogP contribution in [0.2, 0.25) is 5.02 Å². The molecule has 0 saturated heterocycles. The van der Waals surface area contributed by atoms with Gasteiger partial charge in [-0.15, -0.1) is 0 Å². The fraction of sp³-hybridized carbons (Fsp3) is 0.357. The minimum Gasteiger partial charge on any atom is -0.315 e. The summed E-state index contributed by atoms with van der Waals surface area (Å²) in [5, 5.41) is 0.655. The Morgan fingerprint density at radius 1 is 1.47 bits per heavy atom. The highest BCUT2D eigenvalue weighted by atomic mass is 35.5. The van der Waals surface area contributed by atoms with Crippen LogP contribution in [0.5, 0.6) is 0 Å². The van der Waals surface area contributed by atoms with Gasteiger partial charge in [0.25, 0.3) is 0 Å². The van der Waals surface area contributed by atoms with E-state index in [0.29, 0.717) is 11.4 Å². The predicted octanol–water partition coefficient (Wildman–Crippen LogP) is 3.83. The summed E-state index contributed by atoms with van der Waals surface area (Å²) in [5.41, 5.74) is 2.03. The lowest BCUT2D eigenvalue weighted by molar-refractivity contribution is -0.117. The average molecular weight is 252 g/mol. The lowest BCUT2D eigenvalue weighted by Crippen LogP contribution is -2.26. The summed E-state index contributed by atoms with van der Waals surface area (Å²) in [6, 6.07) is 5.67. The number of carbonyl (C=O) groups is 1. The molecule has 3 heteroatoms. The molecule has 17 heavy (non-hydrogen) atoms. The largest absolute Gasteiger partial charge is 0.315 e. The number of nitrogens with zero attached hydrogens (tertiary/aromatic N) is 1. The Morgan fingerprint density at radius 2 is 2.18 bits per heavy atom. The third kappa shape index (κ3) is 3.60. The van der Waals surface area contributed by atoms with Crippen molar-refractivity contribution in [1.82, 2.24) is 0 Å². The Hall–Kier alpha value is -1.28. The molecule has 0 atom stereocenters. The van der Waals surface area contributed by atoms with Gasteiger partial charge in [-0.3, -0.25) is 4.79 Å². The molecule has 0 radical (unpaired) electrons. The highest BCUT2D eigenvalue weighted by Crippen LogP contribution is 2.25. The van der Waals surface area contributed by atoms with Gasteiger partial charge in [0, 0.05) is 24.2 Å². The van der Waals surface area contributed by atoms with Gasteiger partial charge in [0.15, 0.2) is 0 Å². The molecule has 0 aliphatic heterocycles. The molecule has 0 aliphatic rings. The van der Waals surface area contributed by atoms with Crippen molar-refractivity contribution in [3.05, 3.63) is 40.9 Å². The normalized spacial score (nSPS) is 10.8. The summed E-state index contributed by atoms with van der Waals surface area (Å²) in [4.78, 5) is 13.6. The number of anilines is 1. The molecule has 0 aromatic heterocycles. The van der Waals surface area contributed by atoms with Crippen molar-refractivity contribution in [2.45, 2.75) is 26.7 Å². The average Bonchev–Trinajstić information content (AvgIpc) is 2.34. The molecule has 1 aromatic rings. The van der Waals surface area contributed by atoms with E-state index in [9.17, 15) is 4.79 Å². The molecule has 1 amide bonds. The summed E-state index contributed by atoms with van der Waals surface area (Å²) in [7, 11) is 1.79. The van der Waals surface area contributed by atoms with Gasteiger partial charge in [0.2, 0.25) is 5.91 Å². The summed E-state index contributed by atoms with van der Waals surface area (Å²) < 4.78 is 0. The van der Waals surface area contributed by atoms with Crippen LogP contribution >= 0.6 is 11.6 Å². The van der Waals surface area contributed by atoms with Gasteiger partial charge >= 0.3 is 0 Å². The van der Waals surface area contributed by atoms with Crippen LogP contribution in [0.15, 0.2) is 30.4 Å².